The molecule has 2 fully saturated rings. The maximum atomic E-state index is 8.79. The van der Waals surface area contributed by atoms with Gasteiger partial charge in [0.05, 0.1) is 24.9 Å². The Morgan fingerprint density at radius 3 is 3.00 bits per heavy atom. The van der Waals surface area contributed by atoms with Gasteiger partial charge in [-0.3, -0.25) is 0 Å². The van der Waals surface area contributed by atoms with E-state index in [-0.39, 0.29) is 6.10 Å². The van der Waals surface area contributed by atoms with E-state index < -0.39 is 0 Å². The molecule has 1 saturated heterocycles. The Morgan fingerprint density at radius 1 is 1.40 bits per heavy atom. The lowest BCUT2D eigenvalue weighted by molar-refractivity contribution is -0.0259. The summed E-state index contributed by atoms with van der Waals surface area (Å²) in [7, 11) is 0. The van der Waals surface area contributed by atoms with Crippen molar-refractivity contribution < 1.29 is 9.47 Å². The molecule has 0 aromatic carbocycles. The topological polar surface area (TPSA) is 58.4 Å². The highest BCUT2D eigenvalue weighted by Gasteiger charge is 2.24. The molecule has 0 bridgehead atoms. The molecule has 2 heterocycles. The SMILES string of the molecule is N#Cc1ccc(N2CCO[C@H](COCC3CC3)C2)nc1. The monoisotopic (exact) mass is 273 g/mol. The van der Waals surface area contributed by atoms with Crippen LogP contribution in [-0.4, -0.2) is 44.0 Å². The molecular formula is C15H19N3O2. The molecule has 0 unspecified atom stereocenters. The van der Waals surface area contributed by atoms with Crippen LogP contribution in [0.4, 0.5) is 5.82 Å². The maximum absolute atomic E-state index is 8.79. The summed E-state index contributed by atoms with van der Waals surface area (Å²) in [6.07, 6.45) is 4.35. The van der Waals surface area contributed by atoms with Gasteiger partial charge in [-0.2, -0.15) is 5.26 Å². The zero-order chi connectivity index (χ0) is 13.8. The fraction of sp³-hybridized carbons (Fsp3) is 0.600. The number of ether oxygens (including phenoxy) is 2. The van der Waals surface area contributed by atoms with Gasteiger partial charge in [-0.15, -0.1) is 0 Å². The van der Waals surface area contributed by atoms with Crippen molar-refractivity contribution in [1.29, 1.82) is 5.26 Å². The van der Waals surface area contributed by atoms with E-state index in [9.17, 15) is 0 Å². The first-order valence-corrected chi connectivity index (χ1v) is 7.15. The molecule has 1 aliphatic carbocycles. The van der Waals surface area contributed by atoms with Gasteiger partial charge in [-0.25, -0.2) is 4.98 Å². The molecule has 3 rings (SSSR count). The minimum absolute atomic E-state index is 0.111. The second-order valence-corrected chi connectivity index (χ2v) is 5.44. The molecule has 0 N–H and O–H groups in total. The van der Waals surface area contributed by atoms with E-state index >= 15 is 0 Å². The summed E-state index contributed by atoms with van der Waals surface area (Å²) in [6, 6.07) is 5.78. The molecule has 2 aliphatic rings. The Kier molecular flexibility index (Phi) is 4.14. The molecule has 1 atom stereocenters. The van der Waals surface area contributed by atoms with Gasteiger partial charge in [-0.05, 0) is 30.9 Å². The van der Waals surface area contributed by atoms with Crippen molar-refractivity contribution in [2.24, 2.45) is 5.92 Å². The maximum Gasteiger partial charge on any atom is 0.128 e. The summed E-state index contributed by atoms with van der Waals surface area (Å²) in [6.45, 7) is 3.85. The van der Waals surface area contributed by atoms with Crippen LogP contribution in [0, 0.1) is 17.2 Å². The summed E-state index contributed by atoms with van der Waals surface area (Å²) in [4.78, 5) is 6.52. The van der Waals surface area contributed by atoms with Gasteiger partial charge in [0.1, 0.15) is 11.9 Å². The van der Waals surface area contributed by atoms with Crippen molar-refractivity contribution >= 4 is 5.82 Å². The molecule has 5 nitrogen and oxygen atoms in total. The van der Waals surface area contributed by atoms with E-state index in [1.807, 2.05) is 6.07 Å². The predicted octanol–water partition coefficient (Wildman–Crippen LogP) is 1.59. The molecule has 1 aromatic heterocycles. The molecule has 1 saturated carbocycles. The second-order valence-electron chi connectivity index (χ2n) is 5.44. The number of anilines is 1. The quantitative estimate of drug-likeness (QED) is 0.815. The minimum atomic E-state index is 0.111. The zero-order valence-corrected chi connectivity index (χ0v) is 11.5. The average Bonchev–Trinajstić information content (AvgIpc) is 3.32. The molecule has 0 amide bonds. The first-order chi connectivity index (χ1) is 9.85. The van der Waals surface area contributed by atoms with E-state index in [4.69, 9.17) is 14.7 Å². The lowest BCUT2D eigenvalue weighted by Gasteiger charge is -2.33. The third-order valence-corrected chi connectivity index (χ3v) is 3.69. The van der Waals surface area contributed by atoms with Crippen LogP contribution in [-0.2, 0) is 9.47 Å². The van der Waals surface area contributed by atoms with Crippen molar-refractivity contribution in [3.05, 3.63) is 23.9 Å². The van der Waals surface area contributed by atoms with E-state index in [0.29, 0.717) is 18.8 Å². The highest BCUT2D eigenvalue weighted by Crippen LogP contribution is 2.28. The highest BCUT2D eigenvalue weighted by atomic mass is 16.5. The van der Waals surface area contributed by atoms with Crippen LogP contribution in [0.1, 0.15) is 18.4 Å². The van der Waals surface area contributed by atoms with Crippen LogP contribution in [0.3, 0.4) is 0 Å². The summed E-state index contributed by atoms with van der Waals surface area (Å²) in [5.74, 6) is 1.69. The third kappa shape index (κ3) is 3.47. The van der Waals surface area contributed by atoms with Crippen LogP contribution < -0.4 is 4.90 Å². The first kappa shape index (κ1) is 13.3. The van der Waals surface area contributed by atoms with Gasteiger partial charge in [0.25, 0.3) is 0 Å². The normalized spacial score (nSPS) is 22.6. The lowest BCUT2D eigenvalue weighted by Crippen LogP contribution is -2.45. The van der Waals surface area contributed by atoms with Gasteiger partial charge in [0.2, 0.25) is 0 Å². The van der Waals surface area contributed by atoms with Crippen molar-refractivity contribution in [3.63, 3.8) is 0 Å². The molecule has 1 aromatic rings. The van der Waals surface area contributed by atoms with Gasteiger partial charge in [0, 0.05) is 25.9 Å². The fourth-order valence-corrected chi connectivity index (χ4v) is 2.32. The fourth-order valence-electron chi connectivity index (χ4n) is 2.32. The molecule has 1 aliphatic heterocycles. The molecule has 5 heteroatoms. The molecule has 0 spiro atoms. The Balaban J connectivity index is 1.52. The van der Waals surface area contributed by atoms with Crippen LogP contribution in [0.25, 0.3) is 0 Å². The second kappa shape index (κ2) is 6.21. The van der Waals surface area contributed by atoms with Crippen molar-refractivity contribution in [2.45, 2.75) is 18.9 Å². The van der Waals surface area contributed by atoms with Crippen LogP contribution in [0.2, 0.25) is 0 Å². The predicted molar refractivity (Wildman–Crippen MR) is 74.4 cm³/mol. The Hall–Kier alpha value is -1.64. The number of morpholine rings is 1. The van der Waals surface area contributed by atoms with Gasteiger partial charge in [-0.1, -0.05) is 0 Å². The van der Waals surface area contributed by atoms with Crippen LogP contribution in [0.5, 0.6) is 0 Å². The Morgan fingerprint density at radius 2 is 2.30 bits per heavy atom. The number of nitriles is 1. The number of aromatic nitrogens is 1. The molecule has 0 radical (unpaired) electrons. The van der Waals surface area contributed by atoms with Crippen LogP contribution in [0.15, 0.2) is 18.3 Å². The summed E-state index contributed by atoms with van der Waals surface area (Å²) < 4.78 is 11.4. The number of pyridine rings is 1. The third-order valence-electron chi connectivity index (χ3n) is 3.69. The first-order valence-electron chi connectivity index (χ1n) is 7.15. The van der Waals surface area contributed by atoms with E-state index in [0.717, 1.165) is 31.4 Å². The average molecular weight is 273 g/mol. The van der Waals surface area contributed by atoms with Crippen molar-refractivity contribution in [2.75, 3.05) is 37.8 Å². The standard InChI is InChI=1S/C15H19N3O2/c16-7-13-3-4-15(17-8-13)18-5-6-20-14(9-18)11-19-10-12-1-2-12/h3-4,8,12,14H,1-2,5-6,9-11H2/t14-/m0/s1. The number of rotatable bonds is 5. The smallest absolute Gasteiger partial charge is 0.128 e. The highest BCUT2D eigenvalue weighted by molar-refractivity contribution is 5.42. The largest absolute Gasteiger partial charge is 0.378 e. The van der Waals surface area contributed by atoms with Crippen molar-refractivity contribution in [3.8, 4) is 6.07 Å². The number of nitrogens with zero attached hydrogens (tertiary/aromatic N) is 3. The van der Waals surface area contributed by atoms with E-state index in [2.05, 4.69) is 16.0 Å². The number of hydrogen-bond donors (Lipinski definition) is 0. The van der Waals surface area contributed by atoms with Gasteiger partial charge < -0.3 is 14.4 Å². The minimum Gasteiger partial charge on any atom is -0.378 e. The summed E-state index contributed by atoms with van der Waals surface area (Å²) in [5.41, 5.74) is 0.589. The number of hydrogen-bond acceptors (Lipinski definition) is 5. The Labute approximate surface area is 119 Å². The van der Waals surface area contributed by atoms with Crippen molar-refractivity contribution in [1.82, 2.24) is 4.98 Å². The molecular weight excluding hydrogens is 254 g/mol. The van der Waals surface area contributed by atoms with Gasteiger partial charge in [0.15, 0.2) is 0 Å². The lowest BCUT2D eigenvalue weighted by atomic mass is 10.2. The zero-order valence-electron chi connectivity index (χ0n) is 11.5. The van der Waals surface area contributed by atoms with E-state index in [1.54, 1.807) is 12.3 Å². The molecule has 20 heavy (non-hydrogen) atoms. The van der Waals surface area contributed by atoms with E-state index in [1.165, 1.54) is 12.8 Å². The Bertz CT molecular complexity index is 479. The molecule has 106 valence electrons. The summed E-state index contributed by atoms with van der Waals surface area (Å²) in [5, 5.41) is 8.79. The summed E-state index contributed by atoms with van der Waals surface area (Å²) >= 11 is 0. The van der Waals surface area contributed by atoms with Gasteiger partial charge >= 0.3 is 0 Å². The van der Waals surface area contributed by atoms with Crippen LogP contribution >= 0.6 is 0 Å².